The van der Waals surface area contributed by atoms with Crippen LogP contribution in [0.5, 0.6) is 5.75 Å². The summed E-state index contributed by atoms with van der Waals surface area (Å²) in [7, 11) is 1.75. The van der Waals surface area contributed by atoms with Gasteiger partial charge in [-0.15, -0.1) is 0 Å². The predicted molar refractivity (Wildman–Crippen MR) is 98.9 cm³/mol. The van der Waals surface area contributed by atoms with Crippen LogP contribution < -0.4 is 4.74 Å². The Morgan fingerprint density at radius 3 is 2.84 bits per heavy atom. The lowest BCUT2D eigenvalue weighted by molar-refractivity contribution is -0.136. The van der Waals surface area contributed by atoms with Crippen molar-refractivity contribution in [1.29, 1.82) is 0 Å². The number of carbonyl (C=O) groups is 1. The number of ether oxygens (including phenoxy) is 1. The molecule has 132 valence electrons. The van der Waals surface area contributed by atoms with Gasteiger partial charge in [0.25, 0.3) is 0 Å². The van der Waals surface area contributed by atoms with Crippen molar-refractivity contribution < 1.29 is 9.53 Å². The fourth-order valence-electron chi connectivity index (χ4n) is 7.06. The largest absolute Gasteiger partial charge is 0.497 e. The summed E-state index contributed by atoms with van der Waals surface area (Å²) in [4.78, 5) is 13.0. The third-order valence-electron chi connectivity index (χ3n) is 8.22. The zero-order chi connectivity index (χ0) is 17.2. The van der Waals surface area contributed by atoms with E-state index in [0.29, 0.717) is 17.6 Å². The van der Waals surface area contributed by atoms with Crippen LogP contribution in [0, 0.1) is 16.7 Å². The second-order valence-electron chi connectivity index (χ2n) is 8.90. The van der Waals surface area contributed by atoms with E-state index >= 15 is 0 Å². The van der Waals surface area contributed by atoms with Crippen LogP contribution in [0.2, 0.25) is 0 Å². The molecule has 2 heteroatoms. The Morgan fingerprint density at radius 1 is 1.12 bits per heavy atom. The summed E-state index contributed by atoms with van der Waals surface area (Å²) in [6.07, 6.45) is 11.6. The molecule has 0 heterocycles. The number of ketones is 1. The van der Waals surface area contributed by atoms with Crippen LogP contribution in [0.4, 0.5) is 0 Å². The molecular weight excluding hydrogens is 308 g/mol. The zero-order valence-corrected chi connectivity index (χ0v) is 15.4. The van der Waals surface area contributed by atoms with E-state index in [-0.39, 0.29) is 10.8 Å². The number of hydrogen-bond acceptors (Lipinski definition) is 2. The molecule has 0 saturated heterocycles. The second kappa shape index (κ2) is 5.22. The Kier molecular flexibility index (Phi) is 3.27. The van der Waals surface area contributed by atoms with Crippen LogP contribution in [-0.2, 0) is 11.2 Å². The smallest absolute Gasteiger partial charge is 0.162 e. The van der Waals surface area contributed by atoms with Crippen molar-refractivity contribution in [3.8, 4) is 5.75 Å². The van der Waals surface area contributed by atoms with E-state index in [4.69, 9.17) is 4.74 Å². The highest BCUT2D eigenvalue weighted by Crippen LogP contribution is 2.70. The van der Waals surface area contributed by atoms with E-state index in [0.717, 1.165) is 31.4 Å². The molecule has 1 aromatic carbocycles. The molecule has 1 aromatic rings. The molecule has 0 N–H and O–H groups in total. The van der Waals surface area contributed by atoms with Gasteiger partial charge in [0.2, 0.25) is 0 Å². The summed E-state index contributed by atoms with van der Waals surface area (Å²) in [5.41, 5.74) is 4.55. The molecule has 4 atom stereocenters. The molecule has 0 unspecified atom stereocenters. The number of benzene rings is 1. The van der Waals surface area contributed by atoms with Crippen molar-refractivity contribution in [1.82, 2.24) is 0 Å². The Balaban J connectivity index is 1.62. The minimum atomic E-state index is -0.131. The average Bonchev–Trinajstić information content (AvgIpc) is 2.88. The monoisotopic (exact) mass is 336 g/mol. The molecule has 2 saturated carbocycles. The van der Waals surface area contributed by atoms with Gasteiger partial charge in [-0.2, -0.15) is 0 Å². The first-order valence-electron chi connectivity index (χ1n) is 10.0. The molecule has 25 heavy (non-hydrogen) atoms. The van der Waals surface area contributed by atoms with Gasteiger partial charge >= 0.3 is 0 Å². The zero-order valence-electron chi connectivity index (χ0n) is 15.4. The minimum Gasteiger partial charge on any atom is -0.497 e. The maximum absolute atomic E-state index is 13.0. The van der Waals surface area contributed by atoms with Gasteiger partial charge in [-0.1, -0.05) is 25.0 Å². The first-order chi connectivity index (χ1) is 12.1. The Bertz CT molecular complexity index is 776. The van der Waals surface area contributed by atoms with E-state index in [1.807, 2.05) is 0 Å². The molecule has 0 amide bonds. The van der Waals surface area contributed by atoms with Gasteiger partial charge in [-0.3, -0.25) is 4.79 Å². The maximum Gasteiger partial charge on any atom is 0.162 e. The Morgan fingerprint density at radius 2 is 2.00 bits per heavy atom. The summed E-state index contributed by atoms with van der Waals surface area (Å²) < 4.78 is 5.45. The molecule has 0 aliphatic heterocycles. The summed E-state index contributed by atoms with van der Waals surface area (Å²) in [6.45, 7) is 2.30. The minimum absolute atomic E-state index is 0.131. The fraction of sp³-hybridized carbons (Fsp3) is 0.609. The summed E-state index contributed by atoms with van der Waals surface area (Å²) in [6, 6.07) is 6.69. The van der Waals surface area contributed by atoms with Crippen molar-refractivity contribution in [3.63, 3.8) is 0 Å². The van der Waals surface area contributed by atoms with Gasteiger partial charge in [0, 0.05) is 10.8 Å². The molecular formula is C23H28O2. The number of carbonyl (C=O) groups excluding carboxylic acids is 1. The molecule has 4 aliphatic rings. The predicted octanol–water partition coefficient (Wildman–Crippen LogP) is 5.21. The lowest BCUT2D eigenvalue weighted by Crippen LogP contribution is -2.54. The van der Waals surface area contributed by atoms with Gasteiger partial charge in [-0.25, -0.2) is 0 Å². The van der Waals surface area contributed by atoms with E-state index in [9.17, 15) is 4.79 Å². The Hall–Kier alpha value is -1.57. The van der Waals surface area contributed by atoms with Crippen molar-refractivity contribution in [3.05, 3.63) is 41.0 Å². The van der Waals surface area contributed by atoms with E-state index in [1.54, 1.807) is 7.11 Å². The molecule has 5 rings (SSSR count). The number of fused-ring (bicyclic) bond motifs is 3. The highest BCUT2D eigenvalue weighted by molar-refractivity contribution is 6.00. The highest BCUT2D eigenvalue weighted by atomic mass is 16.5. The van der Waals surface area contributed by atoms with Gasteiger partial charge < -0.3 is 4.74 Å². The number of allylic oxidation sites excluding steroid dienone is 2. The van der Waals surface area contributed by atoms with Gasteiger partial charge in [0.15, 0.2) is 5.78 Å². The second-order valence-corrected chi connectivity index (χ2v) is 8.90. The third-order valence-corrected chi connectivity index (χ3v) is 8.22. The molecule has 0 radical (unpaired) electrons. The third kappa shape index (κ3) is 1.83. The van der Waals surface area contributed by atoms with E-state index in [2.05, 4.69) is 31.2 Å². The number of rotatable bonds is 1. The molecule has 2 nitrogen and oxygen atoms in total. The van der Waals surface area contributed by atoms with Crippen LogP contribution in [0.25, 0.3) is 0 Å². The molecule has 0 bridgehead atoms. The lowest BCUT2D eigenvalue weighted by atomic mass is 9.43. The molecule has 4 aliphatic carbocycles. The summed E-state index contributed by atoms with van der Waals surface area (Å²) in [5, 5.41) is 0. The van der Waals surface area contributed by atoms with Gasteiger partial charge in [0.1, 0.15) is 5.75 Å². The van der Waals surface area contributed by atoms with E-state index in [1.165, 1.54) is 42.4 Å². The summed E-state index contributed by atoms with van der Waals surface area (Å²) >= 11 is 0. The van der Waals surface area contributed by atoms with Crippen LogP contribution in [0.15, 0.2) is 29.8 Å². The topological polar surface area (TPSA) is 26.3 Å². The number of aryl methyl sites for hydroxylation is 1. The molecule has 2 fully saturated rings. The van der Waals surface area contributed by atoms with Gasteiger partial charge in [-0.05, 0) is 86.1 Å². The standard InChI is InChI=1S/C23H28O2/c1-22-12-10-19-18-8-7-17(25-2)13-15(18)6-9-20(19)23(22)11-4-3-5-16(23)14-21(22)24/h7-8,13-14,19-20H,3-6,9-12H2,1-2H3/t19-,20-,22-,23-/m1/s1. The van der Waals surface area contributed by atoms with Crippen molar-refractivity contribution in [2.45, 2.75) is 64.2 Å². The lowest BCUT2D eigenvalue weighted by Gasteiger charge is -2.59. The normalized spacial score (nSPS) is 39.0. The Labute approximate surface area is 150 Å². The van der Waals surface area contributed by atoms with Crippen LogP contribution in [0.1, 0.15) is 68.9 Å². The quantitative estimate of drug-likeness (QED) is 0.703. The molecule has 0 aromatic heterocycles. The number of methoxy groups -OCH3 is 1. The fourth-order valence-corrected chi connectivity index (χ4v) is 7.06. The maximum atomic E-state index is 13.0. The van der Waals surface area contributed by atoms with Crippen molar-refractivity contribution >= 4 is 5.78 Å². The van der Waals surface area contributed by atoms with Crippen molar-refractivity contribution in [2.24, 2.45) is 16.7 Å². The first-order valence-corrected chi connectivity index (χ1v) is 10.0. The number of hydrogen-bond donors (Lipinski definition) is 0. The van der Waals surface area contributed by atoms with Crippen LogP contribution >= 0.6 is 0 Å². The van der Waals surface area contributed by atoms with Crippen LogP contribution in [-0.4, -0.2) is 12.9 Å². The van der Waals surface area contributed by atoms with Crippen molar-refractivity contribution in [2.75, 3.05) is 7.11 Å². The first kappa shape index (κ1) is 15.7. The van der Waals surface area contributed by atoms with Crippen LogP contribution in [0.3, 0.4) is 0 Å². The average molecular weight is 336 g/mol. The summed E-state index contributed by atoms with van der Waals surface area (Å²) in [5.74, 6) is 2.67. The van der Waals surface area contributed by atoms with Gasteiger partial charge in [0.05, 0.1) is 7.11 Å². The highest BCUT2D eigenvalue weighted by Gasteiger charge is 2.65. The SMILES string of the molecule is COc1ccc2c(c1)CC[C@@H]1[C@@H]2CC[C@]2(C)C(=O)C=C3CCCC[C@@]312. The van der Waals surface area contributed by atoms with E-state index < -0.39 is 0 Å². The molecule has 1 spiro atoms.